The largest absolute Gasteiger partial charge is 0.507 e. The van der Waals surface area contributed by atoms with Crippen molar-refractivity contribution in [1.29, 1.82) is 0 Å². The Balaban J connectivity index is 0.000000197. The van der Waals surface area contributed by atoms with Gasteiger partial charge in [-0.25, -0.2) is 0 Å². The molecule has 9 nitrogen and oxygen atoms in total. The van der Waals surface area contributed by atoms with E-state index >= 15 is 0 Å². The molecular weight excluding hydrogens is 552 g/mol. The van der Waals surface area contributed by atoms with Gasteiger partial charge in [0, 0.05) is 12.1 Å². The van der Waals surface area contributed by atoms with Gasteiger partial charge in [0.05, 0.1) is 39.4 Å². The van der Waals surface area contributed by atoms with E-state index < -0.39 is 0 Å². The maximum absolute atomic E-state index is 12.6. The third-order valence-electron chi connectivity index (χ3n) is 6.46. The van der Waals surface area contributed by atoms with Gasteiger partial charge in [0.1, 0.15) is 34.8 Å². The predicted molar refractivity (Wildman–Crippen MR) is 164 cm³/mol. The number of phenols is 2. The fraction of sp³-hybridized carbons (Fsp3) is 0.118. The molecule has 1 aromatic heterocycles. The fourth-order valence-electron chi connectivity index (χ4n) is 4.25. The Morgan fingerprint density at radius 2 is 1.47 bits per heavy atom. The Morgan fingerprint density at radius 3 is 2.09 bits per heavy atom. The Hall–Kier alpha value is -5.70. The molecular formula is C34H30O9. The summed E-state index contributed by atoms with van der Waals surface area (Å²) in [6.45, 7) is 0. The number of fused-ring (bicyclic) bond motifs is 1. The Kier molecular flexibility index (Phi) is 9.70. The summed E-state index contributed by atoms with van der Waals surface area (Å²) in [6.07, 6.45) is 4.46. The molecule has 0 fully saturated rings. The van der Waals surface area contributed by atoms with Crippen molar-refractivity contribution in [3.63, 3.8) is 0 Å². The van der Waals surface area contributed by atoms with E-state index in [1.807, 2.05) is 30.3 Å². The maximum Gasteiger partial charge on any atom is 0.204 e. The van der Waals surface area contributed by atoms with Crippen LogP contribution in [0.4, 0.5) is 0 Å². The number of carbonyl (C=O) groups is 1. The average Bonchev–Trinajstić information content (AvgIpc) is 3.04. The maximum atomic E-state index is 12.6. The van der Waals surface area contributed by atoms with Crippen LogP contribution >= 0.6 is 0 Å². The lowest BCUT2D eigenvalue weighted by molar-refractivity contribution is 0.104. The van der Waals surface area contributed by atoms with Gasteiger partial charge in [-0.05, 0) is 41.5 Å². The van der Waals surface area contributed by atoms with Gasteiger partial charge in [-0.1, -0.05) is 48.5 Å². The highest BCUT2D eigenvalue weighted by Crippen LogP contribution is 2.35. The van der Waals surface area contributed by atoms with E-state index in [-0.39, 0.29) is 45.4 Å². The second kappa shape index (κ2) is 13.8. The molecule has 4 aromatic carbocycles. The van der Waals surface area contributed by atoms with Gasteiger partial charge in [0.15, 0.2) is 17.1 Å². The van der Waals surface area contributed by atoms with Crippen LogP contribution in [0.1, 0.15) is 15.9 Å². The monoisotopic (exact) mass is 582 g/mol. The van der Waals surface area contributed by atoms with Gasteiger partial charge in [-0.3, -0.25) is 9.59 Å². The van der Waals surface area contributed by atoms with Crippen molar-refractivity contribution >= 4 is 22.8 Å². The first-order valence-electron chi connectivity index (χ1n) is 13.0. The van der Waals surface area contributed by atoms with Gasteiger partial charge in [0.25, 0.3) is 0 Å². The number of methoxy groups -OCH3 is 4. The molecule has 0 spiro atoms. The summed E-state index contributed by atoms with van der Waals surface area (Å²) in [7, 11) is 5.90. The van der Waals surface area contributed by atoms with Crippen LogP contribution in [-0.4, -0.2) is 44.4 Å². The van der Waals surface area contributed by atoms with Gasteiger partial charge < -0.3 is 33.6 Å². The van der Waals surface area contributed by atoms with Crippen LogP contribution in [0.15, 0.2) is 100 Å². The molecule has 5 aromatic rings. The van der Waals surface area contributed by atoms with Gasteiger partial charge in [-0.2, -0.15) is 0 Å². The van der Waals surface area contributed by atoms with Crippen molar-refractivity contribution in [2.24, 2.45) is 0 Å². The first-order valence-corrected chi connectivity index (χ1v) is 13.0. The Morgan fingerprint density at radius 1 is 0.767 bits per heavy atom. The number of allylic oxidation sites excluding steroid dienone is 1. The number of aromatic hydroxyl groups is 2. The summed E-state index contributed by atoms with van der Waals surface area (Å²) >= 11 is 0. The van der Waals surface area contributed by atoms with Gasteiger partial charge >= 0.3 is 0 Å². The van der Waals surface area contributed by atoms with E-state index in [2.05, 4.69) is 0 Å². The molecule has 0 saturated carbocycles. The molecule has 0 bridgehead atoms. The quantitative estimate of drug-likeness (QED) is 0.156. The number of ketones is 1. The molecule has 9 heteroatoms. The highest BCUT2D eigenvalue weighted by Gasteiger charge is 2.17. The van der Waals surface area contributed by atoms with Crippen LogP contribution in [0.5, 0.6) is 34.5 Å². The lowest BCUT2D eigenvalue weighted by Gasteiger charge is -2.10. The summed E-state index contributed by atoms with van der Waals surface area (Å²) in [5.41, 5.74) is 2.21. The van der Waals surface area contributed by atoms with E-state index in [1.165, 1.54) is 51.9 Å². The zero-order chi connectivity index (χ0) is 30.9. The summed E-state index contributed by atoms with van der Waals surface area (Å²) in [5.74, 6) is 0.971. The van der Waals surface area contributed by atoms with Gasteiger partial charge in [0.2, 0.25) is 11.2 Å². The smallest absolute Gasteiger partial charge is 0.204 e. The molecule has 0 amide bonds. The molecule has 0 aliphatic heterocycles. The second-order valence-electron chi connectivity index (χ2n) is 9.03. The first kappa shape index (κ1) is 30.3. The number of hydrogen-bond donors (Lipinski definition) is 2. The number of hydrogen-bond acceptors (Lipinski definition) is 9. The van der Waals surface area contributed by atoms with Crippen molar-refractivity contribution in [2.75, 3.05) is 28.4 Å². The minimum Gasteiger partial charge on any atom is -0.507 e. The van der Waals surface area contributed by atoms with Gasteiger partial charge in [-0.15, -0.1) is 0 Å². The van der Waals surface area contributed by atoms with Crippen molar-refractivity contribution < 1.29 is 38.4 Å². The fourth-order valence-corrected chi connectivity index (χ4v) is 4.25. The average molecular weight is 583 g/mol. The molecule has 1 heterocycles. The molecule has 0 atom stereocenters. The third kappa shape index (κ3) is 6.79. The SMILES string of the molecule is COc1cc(O)c(C(=O)C=Cc2ccccc2)c(OC)c1.COc1ccc(-c2coc3c(OC)c(O)ccc3c2=O)cc1. The molecule has 0 saturated heterocycles. The number of benzene rings is 4. The first-order chi connectivity index (χ1) is 20.8. The zero-order valence-corrected chi connectivity index (χ0v) is 24.0. The van der Waals surface area contributed by atoms with Crippen LogP contribution in [-0.2, 0) is 0 Å². The number of rotatable bonds is 8. The van der Waals surface area contributed by atoms with E-state index in [4.69, 9.17) is 23.4 Å². The molecule has 0 radical (unpaired) electrons. The second-order valence-corrected chi connectivity index (χ2v) is 9.03. The summed E-state index contributed by atoms with van der Waals surface area (Å²) < 4.78 is 25.9. The minimum absolute atomic E-state index is 0.0738. The van der Waals surface area contributed by atoms with Crippen LogP contribution in [0.25, 0.3) is 28.2 Å². The van der Waals surface area contributed by atoms with Crippen LogP contribution < -0.4 is 24.4 Å². The molecule has 5 rings (SSSR count). The molecule has 0 aliphatic carbocycles. The summed E-state index contributed by atoms with van der Waals surface area (Å²) in [6, 6.07) is 22.4. The molecule has 0 unspecified atom stereocenters. The lowest BCUT2D eigenvalue weighted by Crippen LogP contribution is -2.05. The highest BCUT2D eigenvalue weighted by atomic mass is 16.5. The standard InChI is InChI=1S/C17H14O5.C17H16O4/c1-20-11-5-3-10(4-6-11)13-9-22-16-12(15(13)19)7-8-14(18)17(16)21-2;1-20-13-10-15(19)17(16(11-13)21-2)14(18)9-8-12-6-4-3-5-7-12/h3-9,18H,1-2H3;3-11,19H,1-2H3. The number of phenolic OH excluding ortho intramolecular Hbond substituents is 2. The topological polar surface area (TPSA) is 125 Å². The summed E-state index contributed by atoms with van der Waals surface area (Å²) in [5, 5.41) is 20.1. The van der Waals surface area contributed by atoms with Crippen LogP contribution in [0.2, 0.25) is 0 Å². The third-order valence-corrected chi connectivity index (χ3v) is 6.46. The van der Waals surface area contributed by atoms with Crippen molar-refractivity contribution in [1.82, 2.24) is 0 Å². The lowest BCUT2D eigenvalue weighted by atomic mass is 10.1. The number of carbonyl (C=O) groups excluding carboxylic acids is 1. The van der Waals surface area contributed by atoms with Crippen molar-refractivity contribution in [3.8, 4) is 45.6 Å². The van der Waals surface area contributed by atoms with E-state index in [0.717, 1.165) is 11.1 Å². The minimum atomic E-state index is -0.337. The molecule has 0 aliphatic rings. The van der Waals surface area contributed by atoms with Crippen LogP contribution in [0.3, 0.4) is 0 Å². The number of ether oxygens (including phenoxy) is 4. The predicted octanol–water partition coefficient (Wildman–Crippen LogP) is 6.49. The summed E-state index contributed by atoms with van der Waals surface area (Å²) in [4.78, 5) is 24.9. The Labute approximate surface area is 247 Å². The molecule has 2 N–H and O–H groups in total. The van der Waals surface area contributed by atoms with E-state index in [1.54, 1.807) is 43.5 Å². The zero-order valence-electron chi connectivity index (χ0n) is 24.0. The van der Waals surface area contributed by atoms with Crippen molar-refractivity contribution in [3.05, 3.63) is 113 Å². The Bertz CT molecular complexity index is 1810. The van der Waals surface area contributed by atoms with E-state index in [0.29, 0.717) is 22.4 Å². The van der Waals surface area contributed by atoms with E-state index in [9.17, 15) is 19.8 Å². The highest BCUT2D eigenvalue weighted by molar-refractivity contribution is 6.10. The van der Waals surface area contributed by atoms with Crippen LogP contribution in [0, 0.1) is 0 Å². The normalized spacial score (nSPS) is 10.6. The molecule has 220 valence electrons. The van der Waals surface area contributed by atoms with Crippen molar-refractivity contribution in [2.45, 2.75) is 0 Å². The molecule has 43 heavy (non-hydrogen) atoms.